The Morgan fingerprint density at radius 1 is 1.47 bits per heavy atom. The molecular formula is C9H16N2O5S. The summed E-state index contributed by atoms with van der Waals surface area (Å²) in [6, 6.07) is -0.869. The molecule has 1 aliphatic carbocycles. The first kappa shape index (κ1) is 12.7. The van der Waals surface area contributed by atoms with Crippen molar-refractivity contribution in [1.82, 2.24) is 9.03 Å². The number of methoxy groups -OCH3 is 1. The molecule has 98 valence electrons. The summed E-state index contributed by atoms with van der Waals surface area (Å²) in [5.41, 5.74) is 0. The maximum absolute atomic E-state index is 12.0. The maximum Gasteiger partial charge on any atom is 0.326 e. The van der Waals surface area contributed by atoms with E-state index in [-0.39, 0.29) is 19.2 Å². The Morgan fingerprint density at radius 3 is 2.76 bits per heavy atom. The number of morpholine rings is 1. The van der Waals surface area contributed by atoms with E-state index in [0.29, 0.717) is 6.61 Å². The number of rotatable bonds is 4. The molecule has 2 rings (SSSR count). The number of hydrogen-bond acceptors (Lipinski definition) is 5. The predicted molar refractivity (Wildman–Crippen MR) is 58.4 cm³/mol. The molecule has 1 aliphatic heterocycles. The summed E-state index contributed by atoms with van der Waals surface area (Å²) in [6.07, 6.45) is 1.71. The number of hydrogen-bond donors (Lipinski definition) is 1. The fourth-order valence-corrected chi connectivity index (χ4v) is 3.27. The molecule has 0 radical (unpaired) electrons. The van der Waals surface area contributed by atoms with Crippen molar-refractivity contribution in [3.05, 3.63) is 0 Å². The van der Waals surface area contributed by atoms with Gasteiger partial charge in [-0.1, -0.05) is 0 Å². The van der Waals surface area contributed by atoms with E-state index < -0.39 is 22.2 Å². The summed E-state index contributed by atoms with van der Waals surface area (Å²) in [7, 11) is -2.39. The molecule has 1 heterocycles. The van der Waals surface area contributed by atoms with Crippen LogP contribution < -0.4 is 4.72 Å². The predicted octanol–water partition coefficient (Wildman–Crippen LogP) is -1.14. The normalized spacial score (nSPS) is 26.8. The Balaban J connectivity index is 2.11. The number of nitrogens with zero attached hydrogens (tertiary/aromatic N) is 1. The van der Waals surface area contributed by atoms with Gasteiger partial charge in [-0.3, -0.25) is 4.79 Å². The Bertz CT molecular complexity index is 392. The lowest BCUT2D eigenvalue weighted by atomic mass is 10.3. The van der Waals surface area contributed by atoms with Crippen molar-refractivity contribution >= 4 is 16.2 Å². The molecule has 0 spiro atoms. The summed E-state index contributed by atoms with van der Waals surface area (Å²) >= 11 is 0. The Morgan fingerprint density at radius 2 is 2.18 bits per heavy atom. The molecule has 0 aromatic carbocycles. The minimum atomic E-state index is -3.62. The van der Waals surface area contributed by atoms with Gasteiger partial charge in [-0.2, -0.15) is 17.4 Å². The summed E-state index contributed by atoms with van der Waals surface area (Å²) in [5.74, 6) is -0.592. The molecule has 17 heavy (non-hydrogen) atoms. The second-order valence-electron chi connectivity index (χ2n) is 4.12. The van der Waals surface area contributed by atoms with Gasteiger partial charge in [-0.05, 0) is 12.8 Å². The number of nitrogens with one attached hydrogen (secondary N) is 1. The molecule has 1 saturated carbocycles. The SMILES string of the molecule is COC(=O)C1COCCN1S(=O)(=O)NC1CC1. The van der Waals surface area contributed by atoms with E-state index in [2.05, 4.69) is 9.46 Å². The molecule has 0 aromatic heterocycles. The molecular weight excluding hydrogens is 248 g/mol. The molecule has 2 aliphatic rings. The highest BCUT2D eigenvalue weighted by Crippen LogP contribution is 2.22. The van der Waals surface area contributed by atoms with Gasteiger partial charge < -0.3 is 9.47 Å². The lowest BCUT2D eigenvalue weighted by Gasteiger charge is -2.32. The topological polar surface area (TPSA) is 84.9 Å². The van der Waals surface area contributed by atoms with E-state index in [4.69, 9.17) is 4.74 Å². The quantitative estimate of drug-likeness (QED) is 0.649. The molecule has 0 amide bonds. The summed E-state index contributed by atoms with van der Waals surface area (Å²) in [6.45, 7) is 0.499. The number of ether oxygens (including phenoxy) is 2. The summed E-state index contributed by atoms with van der Waals surface area (Å²) in [4.78, 5) is 11.5. The second-order valence-corrected chi connectivity index (χ2v) is 5.78. The fourth-order valence-electron chi connectivity index (χ4n) is 1.68. The van der Waals surface area contributed by atoms with Gasteiger partial charge in [0.15, 0.2) is 0 Å². The minimum Gasteiger partial charge on any atom is -0.468 e. The molecule has 1 N–H and O–H groups in total. The highest BCUT2D eigenvalue weighted by molar-refractivity contribution is 7.87. The van der Waals surface area contributed by atoms with E-state index in [1.807, 2.05) is 0 Å². The van der Waals surface area contributed by atoms with Gasteiger partial charge in [0.25, 0.3) is 10.2 Å². The standard InChI is InChI=1S/C9H16N2O5S/c1-15-9(12)8-6-16-5-4-11(8)17(13,14)10-7-2-3-7/h7-8,10H,2-6H2,1H3. The van der Waals surface area contributed by atoms with Crippen molar-refractivity contribution in [2.24, 2.45) is 0 Å². The van der Waals surface area contributed by atoms with Gasteiger partial charge in [-0.15, -0.1) is 0 Å². The van der Waals surface area contributed by atoms with E-state index in [1.165, 1.54) is 7.11 Å². The highest BCUT2D eigenvalue weighted by Gasteiger charge is 2.40. The lowest BCUT2D eigenvalue weighted by molar-refractivity contribution is -0.149. The zero-order valence-electron chi connectivity index (χ0n) is 9.59. The third-order valence-electron chi connectivity index (χ3n) is 2.75. The van der Waals surface area contributed by atoms with Crippen LogP contribution in [-0.2, 0) is 24.5 Å². The Hall–Kier alpha value is -0.700. The first-order valence-corrected chi connectivity index (χ1v) is 6.93. The second kappa shape index (κ2) is 4.89. The van der Waals surface area contributed by atoms with Gasteiger partial charge in [0.1, 0.15) is 6.04 Å². The smallest absolute Gasteiger partial charge is 0.326 e. The van der Waals surface area contributed by atoms with Crippen LogP contribution in [0, 0.1) is 0 Å². The van der Waals surface area contributed by atoms with Crippen LogP contribution in [0.4, 0.5) is 0 Å². The van der Waals surface area contributed by atoms with Crippen LogP contribution in [0.2, 0.25) is 0 Å². The third kappa shape index (κ3) is 2.95. The largest absolute Gasteiger partial charge is 0.468 e. The highest BCUT2D eigenvalue weighted by atomic mass is 32.2. The van der Waals surface area contributed by atoms with Crippen LogP contribution in [0.25, 0.3) is 0 Å². The monoisotopic (exact) mass is 264 g/mol. The molecule has 1 atom stereocenters. The number of carbonyl (C=O) groups is 1. The first-order chi connectivity index (χ1) is 8.04. The van der Waals surface area contributed by atoms with Crippen LogP contribution in [-0.4, -0.2) is 57.6 Å². The number of esters is 1. The third-order valence-corrected chi connectivity index (χ3v) is 4.44. The van der Waals surface area contributed by atoms with Gasteiger partial charge >= 0.3 is 5.97 Å². The maximum atomic E-state index is 12.0. The van der Waals surface area contributed by atoms with Crippen molar-refractivity contribution in [3.63, 3.8) is 0 Å². The van der Waals surface area contributed by atoms with Crippen molar-refractivity contribution in [3.8, 4) is 0 Å². The molecule has 8 heteroatoms. The first-order valence-electron chi connectivity index (χ1n) is 5.49. The molecule has 0 aromatic rings. The van der Waals surface area contributed by atoms with Crippen LogP contribution >= 0.6 is 0 Å². The van der Waals surface area contributed by atoms with Crippen molar-refractivity contribution < 1.29 is 22.7 Å². The zero-order chi connectivity index (χ0) is 12.5. The van der Waals surface area contributed by atoms with Gasteiger partial charge in [-0.25, -0.2) is 0 Å². The molecule has 0 bridgehead atoms. The average molecular weight is 264 g/mol. The van der Waals surface area contributed by atoms with E-state index in [9.17, 15) is 13.2 Å². The van der Waals surface area contributed by atoms with E-state index in [0.717, 1.165) is 17.1 Å². The van der Waals surface area contributed by atoms with Crippen LogP contribution in [0.5, 0.6) is 0 Å². The van der Waals surface area contributed by atoms with Gasteiger partial charge in [0.2, 0.25) is 0 Å². The Labute approximate surface area is 100 Å². The van der Waals surface area contributed by atoms with Crippen LogP contribution in [0.15, 0.2) is 0 Å². The van der Waals surface area contributed by atoms with Gasteiger partial charge in [0, 0.05) is 12.6 Å². The van der Waals surface area contributed by atoms with Crippen molar-refractivity contribution in [1.29, 1.82) is 0 Å². The summed E-state index contributed by atoms with van der Waals surface area (Å²) < 4.78 is 37.4. The Kier molecular flexibility index (Phi) is 3.67. The van der Waals surface area contributed by atoms with E-state index in [1.54, 1.807) is 0 Å². The summed E-state index contributed by atoms with van der Waals surface area (Å²) in [5, 5.41) is 0. The van der Waals surface area contributed by atoms with Crippen molar-refractivity contribution in [2.45, 2.75) is 24.9 Å². The van der Waals surface area contributed by atoms with Crippen LogP contribution in [0.1, 0.15) is 12.8 Å². The van der Waals surface area contributed by atoms with Crippen LogP contribution in [0.3, 0.4) is 0 Å². The van der Waals surface area contributed by atoms with Crippen molar-refractivity contribution in [2.75, 3.05) is 26.9 Å². The lowest BCUT2D eigenvalue weighted by Crippen LogP contribution is -2.56. The fraction of sp³-hybridized carbons (Fsp3) is 0.889. The zero-order valence-corrected chi connectivity index (χ0v) is 10.4. The molecule has 2 fully saturated rings. The molecule has 1 unspecified atom stereocenters. The van der Waals surface area contributed by atoms with Gasteiger partial charge in [0.05, 0.1) is 20.3 Å². The average Bonchev–Trinajstić information content (AvgIpc) is 3.11. The molecule has 7 nitrogen and oxygen atoms in total. The number of carbonyl (C=O) groups excluding carboxylic acids is 1. The minimum absolute atomic E-state index is 0.0149. The van der Waals surface area contributed by atoms with E-state index >= 15 is 0 Å². The molecule has 1 saturated heterocycles.